The highest BCUT2D eigenvalue weighted by Gasteiger charge is 2.24. The molecule has 0 amide bonds. The van der Waals surface area contributed by atoms with Crippen LogP contribution >= 0.6 is 0 Å². The first-order valence-corrected chi connectivity index (χ1v) is 6.77. The fraction of sp³-hybridized carbons (Fsp3) is 0.250. The van der Waals surface area contributed by atoms with Crippen LogP contribution in [0, 0.1) is 0 Å². The molecule has 5 N–H and O–H groups in total. The molecule has 1 atom stereocenters. The average molecular weight is 270 g/mol. The Bertz CT molecular complexity index is 626. The van der Waals surface area contributed by atoms with Crippen molar-refractivity contribution in [2.45, 2.75) is 12.3 Å². The molecule has 4 heteroatoms. The van der Waals surface area contributed by atoms with Gasteiger partial charge in [0.1, 0.15) is 0 Å². The summed E-state index contributed by atoms with van der Waals surface area (Å²) < 4.78 is 0. The van der Waals surface area contributed by atoms with E-state index < -0.39 is 0 Å². The first-order valence-electron chi connectivity index (χ1n) is 6.77. The Kier molecular flexibility index (Phi) is 3.24. The zero-order valence-corrected chi connectivity index (χ0v) is 11.1. The molecular weight excluding hydrogens is 252 g/mol. The molecule has 2 aromatic rings. The van der Waals surface area contributed by atoms with Crippen LogP contribution in [0.25, 0.3) is 0 Å². The number of fused-ring (bicyclic) bond motifs is 1. The van der Waals surface area contributed by atoms with Crippen LogP contribution in [0.2, 0.25) is 0 Å². The predicted molar refractivity (Wildman–Crippen MR) is 79.0 cm³/mol. The molecule has 1 heterocycles. The molecule has 0 saturated heterocycles. The summed E-state index contributed by atoms with van der Waals surface area (Å²) in [7, 11) is 0. The summed E-state index contributed by atoms with van der Waals surface area (Å²) in [5, 5.41) is 23.1. The van der Waals surface area contributed by atoms with E-state index in [0.717, 1.165) is 30.6 Å². The largest absolute Gasteiger partial charge is 0.504 e. The first-order chi connectivity index (χ1) is 9.68. The van der Waals surface area contributed by atoms with E-state index in [-0.39, 0.29) is 17.4 Å². The van der Waals surface area contributed by atoms with E-state index >= 15 is 0 Å². The van der Waals surface area contributed by atoms with E-state index in [1.807, 2.05) is 18.2 Å². The number of benzene rings is 2. The number of hydrogen-bond acceptors (Lipinski definition) is 4. The highest BCUT2D eigenvalue weighted by molar-refractivity contribution is 5.68. The zero-order valence-electron chi connectivity index (χ0n) is 11.1. The van der Waals surface area contributed by atoms with Crippen molar-refractivity contribution in [3.05, 3.63) is 53.1 Å². The topological polar surface area (TPSA) is 78.5 Å². The lowest BCUT2D eigenvalue weighted by molar-refractivity contribution is 0.404. The molecule has 3 rings (SSSR count). The van der Waals surface area contributed by atoms with Gasteiger partial charge in [-0.3, -0.25) is 0 Å². The summed E-state index contributed by atoms with van der Waals surface area (Å²) in [4.78, 5) is 0. The summed E-state index contributed by atoms with van der Waals surface area (Å²) in [5.41, 5.74) is 9.37. The summed E-state index contributed by atoms with van der Waals surface area (Å²) in [6.45, 7) is 1.60. The van der Waals surface area contributed by atoms with Crippen LogP contribution in [-0.2, 0) is 6.42 Å². The highest BCUT2D eigenvalue weighted by atomic mass is 16.3. The van der Waals surface area contributed by atoms with E-state index in [1.54, 1.807) is 6.07 Å². The van der Waals surface area contributed by atoms with E-state index in [9.17, 15) is 10.2 Å². The molecule has 0 fully saturated rings. The molecule has 0 bridgehead atoms. The van der Waals surface area contributed by atoms with Crippen molar-refractivity contribution in [2.24, 2.45) is 0 Å². The second-order valence-corrected chi connectivity index (χ2v) is 5.14. The smallest absolute Gasteiger partial charge is 0.181 e. The average Bonchev–Trinajstić information content (AvgIpc) is 2.68. The van der Waals surface area contributed by atoms with Gasteiger partial charge in [-0.2, -0.15) is 0 Å². The minimum Gasteiger partial charge on any atom is -0.504 e. The Morgan fingerprint density at radius 2 is 1.90 bits per heavy atom. The number of phenols is 2. The molecule has 0 spiro atoms. The standard InChI is InChI=1S/C16H18N2O2/c17-15-11-6-7-18-9-13(10-4-2-1-3-5-10)12(11)8-14(19)16(15)20/h1-5,8,13,18-20H,6-7,9,17H2. The monoisotopic (exact) mass is 270 g/mol. The van der Waals surface area contributed by atoms with Crippen molar-refractivity contribution in [2.75, 3.05) is 18.8 Å². The summed E-state index contributed by atoms with van der Waals surface area (Å²) in [6, 6.07) is 11.8. The molecule has 104 valence electrons. The maximum Gasteiger partial charge on any atom is 0.181 e. The van der Waals surface area contributed by atoms with Crippen LogP contribution in [0.1, 0.15) is 22.6 Å². The second kappa shape index (κ2) is 5.06. The second-order valence-electron chi connectivity index (χ2n) is 5.14. The Hall–Kier alpha value is -2.20. The molecule has 1 aliphatic heterocycles. The fourth-order valence-electron chi connectivity index (χ4n) is 2.88. The van der Waals surface area contributed by atoms with Gasteiger partial charge in [0.2, 0.25) is 0 Å². The maximum absolute atomic E-state index is 9.86. The van der Waals surface area contributed by atoms with Crippen LogP contribution in [-0.4, -0.2) is 23.3 Å². The van der Waals surface area contributed by atoms with Crippen LogP contribution in [0.15, 0.2) is 36.4 Å². The lowest BCUT2D eigenvalue weighted by Gasteiger charge is -2.20. The van der Waals surface area contributed by atoms with Gasteiger partial charge in [-0.1, -0.05) is 30.3 Å². The SMILES string of the molecule is Nc1c(O)c(O)cc2c1CCNCC2c1ccccc1. The predicted octanol–water partition coefficient (Wildman–Crippen LogP) is 1.96. The Morgan fingerprint density at radius 1 is 1.15 bits per heavy atom. The van der Waals surface area contributed by atoms with Crippen LogP contribution < -0.4 is 11.1 Å². The molecule has 0 aliphatic carbocycles. The summed E-state index contributed by atoms with van der Waals surface area (Å²) in [6.07, 6.45) is 0.748. The van der Waals surface area contributed by atoms with Gasteiger partial charge in [0.05, 0.1) is 5.69 Å². The van der Waals surface area contributed by atoms with Gasteiger partial charge in [0.15, 0.2) is 11.5 Å². The third-order valence-electron chi connectivity index (χ3n) is 3.94. The number of aromatic hydroxyl groups is 2. The van der Waals surface area contributed by atoms with Crippen molar-refractivity contribution in [3.8, 4) is 11.5 Å². The zero-order chi connectivity index (χ0) is 14.1. The lowest BCUT2D eigenvalue weighted by atomic mass is 9.87. The molecule has 1 unspecified atom stereocenters. The minimum absolute atomic E-state index is 0.127. The number of rotatable bonds is 1. The molecule has 0 saturated carbocycles. The maximum atomic E-state index is 9.86. The van der Waals surface area contributed by atoms with Crippen molar-refractivity contribution >= 4 is 5.69 Å². The molecule has 1 aliphatic rings. The number of anilines is 1. The number of hydrogen-bond donors (Lipinski definition) is 4. The fourth-order valence-corrected chi connectivity index (χ4v) is 2.88. The molecule has 2 aromatic carbocycles. The number of nitrogens with one attached hydrogen (secondary N) is 1. The van der Waals surface area contributed by atoms with E-state index in [0.29, 0.717) is 5.69 Å². The van der Waals surface area contributed by atoms with Crippen molar-refractivity contribution in [1.29, 1.82) is 0 Å². The van der Waals surface area contributed by atoms with Gasteiger partial charge in [0.25, 0.3) is 0 Å². The van der Waals surface area contributed by atoms with Crippen molar-refractivity contribution in [1.82, 2.24) is 5.32 Å². The third kappa shape index (κ3) is 2.08. The number of phenolic OH excluding ortho intramolecular Hbond substituents is 2. The van der Waals surface area contributed by atoms with Gasteiger partial charge >= 0.3 is 0 Å². The van der Waals surface area contributed by atoms with E-state index in [2.05, 4.69) is 17.4 Å². The van der Waals surface area contributed by atoms with Gasteiger partial charge in [0, 0.05) is 12.5 Å². The molecule has 0 aromatic heterocycles. The number of nitrogens with two attached hydrogens (primary N) is 1. The van der Waals surface area contributed by atoms with Gasteiger partial charge in [-0.15, -0.1) is 0 Å². The van der Waals surface area contributed by atoms with Crippen molar-refractivity contribution in [3.63, 3.8) is 0 Å². The normalized spacial score (nSPS) is 18.3. The molecular formula is C16H18N2O2. The van der Waals surface area contributed by atoms with Gasteiger partial charge in [-0.25, -0.2) is 0 Å². The quantitative estimate of drug-likeness (QED) is 0.472. The van der Waals surface area contributed by atoms with Gasteiger partial charge < -0.3 is 21.3 Å². The Morgan fingerprint density at radius 3 is 2.65 bits per heavy atom. The van der Waals surface area contributed by atoms with Crippen LogP contribution in [0.5, 0.6) is 11.5 Å². The Balaban J connectivity index is 2.17. The summed E-state index contributed by atoms with van der Waals surface area (Å²) >= 11 is 0. The lowest BCUT2D eigenvalue weighted by Crippen LogP contribution is -2.20. The van der Waals surface area contributed by atoms with Gasteiger partial charge in [-0.05, 0) is 35.7 Å². The number of nitrogen functional groups attached to an aromatic ring is 1. The third-order valence-corrected chi connectivity index (χ3v) is 3.94. The minimum atomic E-state index is -0.211. The van der Waals surface area contributed by atoms with Crippen molar-refractivity contribution < 1.29 is 10.2 Å². The van der Waals surface area contributed by atoms with E-state index in [1.165, 1.54) is 5.56 Å². The van der Waals surface area contributed by atoms with E-state index in [4.69, 9.17) is 5.73 Å². The molecule has 0 radical (unpaired) electrons. The summed E-state index contributed by atoms with van der Waals surface area (Å²) in [5.74, 6) is -0.232. The Labute approximate surface area is 117 Å². The highest BCUT2D eigenvalue weighted by Crippen LogP contribution is 2.41. The van der Waals surface area contributed by atoms with Crippen LogP contribution in [0.4, 0.5) is 5.69 Å². The first kappa shape index (κ1) is 12.8. The molecule has 4 nitrogen and oxygen atoms in total. The molecule has 20 heavy (non-hydrogen) atoms. The van der Waals surface area contributed by atoms with Crippen LogP contribution in [0.3, 0.4) is 0 Å².